The normalized spacial score (nSPS) is 24.1. The molecular weight excluding hydrogens is 390 g/mol. The van der Waals surface area contributed by atoms with Crippen LogP contribution in [0.2, 0.25) is 0 Å². The first-order valence-electron chi connectivity index (χ1n) is 7.28. The van der Waals surface area contributed by atoms with Crippen LogP contribution in [0.4, 0.5) is 0 Å². The van der Waals surface area contributed by atoms with Crippen molar-refractivity contribution in [3.63, 3.8) is 0 Å². The molecule has 0 aromatic heterocycles. The van der Waals surface area contributed by atoms with E-state index in [4.69, 9.17) is 0 Å². The van der Waals surface area contributed by atoms with Crippen molar-refractivity contribution in [3.05, 3.63) is 28.7 Å². The van der Waals surface area contributed by atoms with Crippen LogP contribution in [-0.2, 0) is 10.0 Å². The summed E-state index contributed by atoms with van der Waals surface area (Å²) in [5.41, 5.74) is 0. The van der Waals surface area contributed by atoms with Gasteiger partial charge in [0, 0.05) is 43.2 Å². The number of nitrogens with one attached hydrogen (secondary N) is 1. The molecule has 0 aliphatic carbocycles. The van der Waals surface area contributed by atoms with Gasteiger partial charge in [0.05, 0.1) is 4.90 Å². The second-order valence-corrected chi connectivity index (χ2v) is 8.40. The molecule has 1 aromatic carbocycles. The van der Waals surface area contributed by atoms with Crippen molar-refractivity contribution >= 4 is 38.4 Å². The van der Waals surface area contributed by atoms with Gasteiger partial charge in [0.15, 0.2) is 0 Å². The van der Waals surface area contributed by atoms with Crippen LogP contribution >= 0.6 is 28.3 Å². The Hall–Kier alpha value is -0.180. The fourth-order valence-electron chi connectivity index (χ4n) is 3.04. The summed E-state index contributed by atoms with van der Waals surface area (Å²) in [7, 11) is -3.37. The van der Waals surface area contributed by atoms with E-state index >= 15 is 0 Å². The second kappa shape index (κ2) is 7.59. The fourth-order valence-corrected chi connectivity index (χ4v) is 5.06. The summed E-state index contributed by atoms with van der Waals surface area (Å²) < 4.78 is 27.7. The first-order chi connectivity index (χ1) is 10.1. The van der Waals surface area contributed by atoms with Crippen LogP contribution in [0.25, 0.3) is 0 Å². The number of benzene rings is 1. The average molecular weight is 411 g/mol. The summed E-state index contributed by atoms with van der Waals surface area (Å²) in [4.78, 5) is 2.78. The first kappa shape index (κ1) is 18.2. The maximum Gasteiger partial charge on any atom is 0.243 e. The zero-order valence-corrected chi connectivity index (χ0v) is 15.5. The van der Waals surface area contributed by atoms with Crippen LogP contribution in [-0.4, -0.2) is 62.9 Å². The van der Waals surface area contributed by atoms with Gasteiger partial charge < -0.3 is 5.32 Å². The molecule has 8 heteroatoms. The van der Waals surface area contributed by atoms with E-state index in [1.807, 2.05) is 6.07 Å². The summed E-state index contributed by atoms with van der Waals surface area (Å²) >= 11 is 3.33. The number of nitrogens with zero attached hydrogens (tertiary/aromatic N) is 2. The molecule has 3 rings (SSSR count). The van der Waals surface area contributed by atoms with Gasteiger partial charge in [0.2, 0.25) is 10.0 Å². The number of halogens is 2. The molecule has 0 bridgehead atoms. The minimum absolute atomic E-state index is 0. The Labute approximate surface area is 146 Å². The van der Waals surface area contributed by atoms with Crippen LogP contribution in [0.1, 0.15) is 6.42 Å². The third kappa shape index (κ3) is 3.83. The van der Waals surface area contributed by atoms with Crippen molar-refractivity contribution in [2.75, 3.05) is 39.3 Å². The van der Waals surface area contributed by atoms with E-state index < -0.39 is 10.0 Å². The Morgan fingerprint density at radius 1 is 1.18 bits per heavy atom. The molecule has 2 aliphatic heterocycles. The van der Waals surface area contributed by atoms with Crippen molar-refractivity contribution in [3.8, 4) is 0 Å². The molecule has 1 unspecified atom stereocenters. The highest BCUT2D eigenvalue weighted by Gasteiger charge is 2.31. The van der Waals surface area contributed by atoms with Crippen LogP contribution < -0.4 is 5.32 Å². The van der Waals surface area contributed by atoms with Crippen LogP contribution in [0, 0.1) is 0 Å². The fraction of sp³-hybridized carbons (Fsp3) is 0.571. The smallest absolute Gasteiger partial charge is 0.243 e. The third-order valence-electron chi connectivity index (χ3n) is 4.26. The molecule has 124 valence electrons. The van der Waals surface area contributed by atoms with Gasteiger partial charge in [0.1, 0.15) is 0 Å². The molecule has 0 radical (unpaired) electrons. The minimum atomic E-state index is -3.37. The standard InChI is InChI=1S/C14H20BrN3O2S.ClH/c15-12-2-1-3-14(10-12)21(19,20)18-8-6-17(7-9-18)13-4-5-16-11-13;/h1-3,10,13,16H,4-9,11H2;1H. The lowest BCUT2D eigenvalue weighted by Crippen LogP contribution is -2.52. The van der Waals surface area contributed by atoms with E-state index in [-0.39, 0.29) is 12.4 Å². The molecule has 1 N–H and O–H groups in total. The van der Waals surface area contributed by atoms with Crippen LogP contribution in [0.15, 0.2) is 33.6 Å². The Morgan fingerprint density at radius 2 is 1.91 bits per heavy atom. The van der Waals surface area contributed by atoms with Crippen molar-refractivity contribution in [1.29, 1.82) is 0 Å². The highest BCUT2D eigenvalue weighted by atomic mass is 79.9. The highest BCUT2D eigenvalue weighted by molar-refractivity contribution is 9.10. The number of hydrogen-bond acceptors (Lipinski definition) is 4. The lowest BCUT2D eigenvalue weighted by molar-refractivity contribution is 0.145. The topological polar surface area (TPSA) is 52.7 Å². The summed E-state index contributed by atoms with van der Waals surface area (Å²) in [5, 5.41) is 3.36. The summed E-state index contributed by atoms with van der Waals surface area (Å²) in [5.74, 6) is 0. The monoisotopic (exact) mass is 409 g/mol. The number of hydrogen-bond donors (Lipinski definition) is 1. The van der Waals surface area contributed by atoms with Gasteiger partial charge in [-0.25, -0.2) is 8.42 Å². The molecule has 2 saturated heterocycles. The largest absolute Gasteiger partial charge is 0.315 e. The summed E-state index contributed by atoms with van der Waals surface area (Å²) in [6.45, 7) is 4.88. The molecule has 5 nitrogen and oxygen atoms in total. The molecule has 0 spiro atoms. The van der Waals surface area contributed by atoms with Gasteiger partial charge in [-0.3, -0.25) is 4.90 Å². The molecule has 2 fully saturated rings. The van der Waals surface area contributed by atoms with Gasteiger partial charge in [0.25, 0.3) is 0 Å². The zero-order valence-electron chi connectivity index (χ0n) is 12.2. The molecule has 22 heavy (non-hydrogen) atoms. The van der Waals surface area contributed by atoms with E-state index in [1.54, 1.807) is 22.5 Å². The van der Waals surface area contributed by atoms with Gasteiger partial charge in [-0.15, -0.1) is 12.4 Å². The van der Waals surface area contributed by atoms with E-state index in [1.165, 1.54) is 6.42 Å². The highest BCUT2D eigenvalue weighted by Crippen LogP contribution is 2.22. The van der Waals surface area contributed by atoms with E-state index in [0.29, 0.717) is 24.0 Å². The number of sulfonamides is 1. The Kier molecular flexibility index (Phi) is 6.27. The predicted molar refractivity (Wildman–Crippen MR) is 93.0 cm³/mol. The van der Waals surface area contributed by atoms with Crippen LogP contribution in [0.3, 0.4) is 0 Å². The summed E-state index contributed by atoms with van der Waals surface area (Å²) in [6.07, 6.45) is 1.17. The maximum absolute atomic E-state index is 12.6. The van der Waals surface area contributed by atoms with E-state index in [9.17, 15) is 8.42 Å². The summed E-state index contributed by atoms with van der Waals surface area (Å²) in [6, 6.07) is 7.50. The second-order valence-electron chi connectivity index (χ2n) is 5.54. The molecule has 0 amide bonds. The SMILES string of the molecule is Cl.O=S(=O)(c1cccc(Br)c1)N1CCN(C2CCNC2)CC1. The molecule has 2 aliphatic rings. The average Bonchev–Trinajstić information content (AvgIpc) is 3.02. The Morgan fingerprint density at radius 3 is 2.50 bits per heavy atom. The molecule has 1 aromatic rings. The Bertz CT molecular complexity index is 600. The van der Waals surface area contributed by atoms with E-state index in [2.05, 4.69) is 26.1 Å². The van der Waals surface area contributed by atoms with Gasteiger partial charge >= 0.3 is 0 Å². The lowest BCUT2D eigenvalue weighted by Gasteiger charge is -2.37. The van der Waals surface area contributed by atoms with Crippen LogP contribution in [0.5, 0.6) is 0 Å². The molecule has 2 heterocycles. The molecular formula is C14H21BrClN3O2S. The number of rotatable bonds is 3. The van der Waals surface area contributed by atoms with Gasteiger partial charge in [-0.05, 0) is 31.2 Å². The molecule has 1 atom stereocenters. The first-order valence-corrected chi connectivity index (χ1v) is 9.51. The lowest BCUT2D eigenvalue weighted by atomic mass is 10.2. The minimum Gasteiger partial charge on any atom is -0.315 e. The molecule has 0 saturated carbocycles. The maximum atomic E-state index is 12.6. The van der Waals surface area contributed by atoms with Crippen molar-refractivity contribution in [1.82, 2.24) is 14.5 Å². The van der Waals surface area contributed by atoms with Gasteiger partial charge in [-0.2, -0.15) is 4.31 Å². The predicted octanol–water partition coefficient (Wildman–Crippen LogP) is 1.54. The quantitative estimate of drug-likeness (QED) is 0.821. The van der Waals surface area contributed by atoms with Gasteiger partial charge in [-0.1, -0.05) is 22.0 Å². The third-order valence-corrected chi connectivity index (χ3v) is 6.65. The Balaban J connectivity index is 0.00000176. The van der Waals surface area contributed by atoms with E-state index in [0.717, 1.165) is 30.7 Å². The number of piperazine rings is 1. The van der Waals surface area contributed by atoms with Crippen molar-refractivity contribution in [2.45, 2.75) is 17.4 Å². The van der Waals surface area contributed by atoms with Crippen molar-refractivity contribution < 1.29 is 8.42 Å². The zero-order chi connectivity index (χ0) is 14.9. The van der Waals surface area contributed by atoms with Crippen molar-refractivity contribution in [2.24, 2.45) is 0 Å².